The highest BCUT2D eigenvalue weighted by Crippen LogP contribution is 2.19. The number of hydrazone groups is 1. The van der Waals surface area contributed by atoms with E-state index in [1.165, 1.54) is 5.56 Å². The molecule has 5 heteroatoms. The second-order valence-corrected chi connectivity index (χ2v) is 5.71. The van der Waals surface area contributed by atoms with Crippen molar-refractivity contribution in [1.29, 1.82) is 0 Å². The average molecular weight is 335 g/mol. The Morgan fingerprint density at radius 1 is 1.04 bits per heavy atom. The van der Waals surface area contributed by atoms with Gasteiger partial charge in [0.05, 0.1) is 25.1 Å². The number of hydrogen-bond donors (Lipinski definition) is 1. The first kappa shape index (κ1) is 17.6. The molecule has 4 nitrogen and oxygen atoms in total. The second kappa shape index (κ2) is 10.1. The predicted molar refractivity (Wildman–Crippen MR) is 94.2 cm³/mol. The first-order valence-corrected chi connectivity index (χ1v) is 8.28. The summed E-state index contributed by atoms with van der Waals surface area (Å²) in [6.07, 6.45) is 5.87. The van der Waals surface area contributed by atoms with E-state index >= 15 is 0 Å². The number of hydrogen-bond acceptors (Lipinski definition) is 4. The van der Waals surface area contributed by atoms with Crippen molar-refractivity contribution < 1.29 is 9.47 Å². The summed E-state index contributed by atoms with van der Waals surface area (Å²) in [5.41, 5.74) is 4.48. The van der Waals surface area contributed by atoms with Gasteiger partial charge in [-0.3, -0.25) is 5.43 Å². The van der Waals surface area contributed by atoms with Gasteiger partial charge in [-0.2, -0.15) is 5.10 Å². The number of allylic oxidation sites excluding steroid dienone is 2. The van der Waals surface area contributed by atoms with Gasteiger partial charge in [-0.25, -0.2) is 0 Å². The molecule has 1 N–H and O–H groups in total. The first-order valence-electron chi connectivity index (χ1n) is 7.90. The molecule has 1 aliphatic rings. The third-order valence-electron chi connectivity index (χ3n) is 3.41. The van der Waals surface area contributed by atoms with Gasteiger partial charge in [0, 0.05) is 6.61 Å². The number of ether oxygens (including phenoxy) is 2. The summed E-state index contributed by atoms with van der Waals surface area (Å²) in [6, 6.07) is 10.2. The maximum absolute atomic E-state index is 6.07. The number of rotatable bonds is 10. The third-order valence-corrected chi connectivity index (χ3v) is 3.83. The van der Waals surface area contributed by atoms with E-state index in [1.807, 2.05) is 18.2 Å². The van der Waals surface area contributed by atoms with Crippen LogP contribution in [0.1, 0.15) is 31.2 Å². The Hall–Kier alpha value is -1.78. The lowest BCUT2D eigenvalue weighted by Crippen LogP contribution is -2.14. The Balaban J connectivity index is 1.46. The second-order valence-electron chi connectivity index (χ2n) is 5.33. The molecule has 0 aliphatic carbocycles. The van der Waals surface area contributed by atoms with Crippen LogP contribution in [0, 0.1) is 0 Å². The van der Waals surface area contributed by atoms with Crippen LogP contribution < -0.4 is 5.43 Å². The van der Waals surface area contributed by atoms with Crippen molar-refractivity contribution in [2.24, 2.45) is 5.10 Å². The van der Waals surface area contributed by atoms with E-state index in [0.717, 1.165) is 32.3 Å². The number of unbranched alkanes of at least 4 members (excludes halogenated alkanes) is 3. The largest absolute Gasteiger partial charge is 0.490 e. The van der Waals surface area contributed by atoms with Crippen LogP contribution in [0.25, 0.3) is 0 Å². The quantitative estimate of drug-likeness (QED) is 0.647. The molecule has 0 radical (unpaired) electrons. The van der Waals surface area contributed by atoms with Gasteiger partial charge in [0.1, 0.15) is 5.03 Å². The summed E-state index contributed by atoms with van der Waals surface area (Å²) in [6.45, 7) is 5.86. The molecule has 124 valence electrons. The summed E-state index contributed by atoms with van der Waals surface area (Å²) < 4.78 is 11.3. The van der Waals surface area contributed by atoms with Crippen molar-refractivity contribution in [3.63, 3.8) is 0 Å². The average Bonchev–Trinajstić information content (AvgIpc) is 2.58. The fourth-order valence-corrected chi connectivity index (χ4v) is 2.28. The normalized spacial score (nSPS) is 14.0. The molecule has 0 amide bonds. The van der Waals surface area contributed by atoms with Gasteiger partial charge >= 0.3 is 0 Å². The van der Waals surface area contributed by atoms with Crippen LogP contribution in [-0.2, 0) is 16.1 Å². The topological polar surface area (TPSA) is 42.9 Å². The molecule has 1 aromatic carbocycles. The Bertz CT molecular complexity index is 555. The van der Waals surface area contributed by atoms with Crippen LogP contribution in [0.2, 0.25) is 0 Å². The van der Waals surface area contributed by atoms with Crippen molar-refractivity contribution in [3.05, 3.63) is 59.0 Å². The fourth-order valence-electron chi connectivity index (χ4n) is 2.13. The molecule has 0 spiro atoms. The molecule has 1 aliphatic heterocycles. The summed E-state index contributed by atoms with van der Waals surface area (Å²) in [5.74, 6) is 0.585. The van der Waals surface area contributed by atoms with Crippen LogP contribution >= 0.6 is 11.6 Å². The maximum atomic E-state index is 6.07. The summed E-state index contributed by atoms with van der Waals surface area (Å²) in [4.78, 5) is 0. The first-order chi connectivity index (χ1) is 11.3. The predicted octanol–water partition coefficient (Wildman–Crippen LogP) is 4.33. The van der Waals surface area contributed by atoms with Crippen molar-refractivity contribution in [2.45, 2.75) is 32.3 Å². The summed E-state index contributed by atoms with van der Waals surface area (Å²) in [5, 5.41) is 4.40. The molecule has 0 fully saturated rings. The van der Waals surface area contributed by atoms with E-state index in [0.29, 0.717) is 29.7 Å². The van der Waals surface area contributed by atoms with Crippen molar-refractivity contribution in [1.82, 2.24) is 5.43 Å². The lowest BCUT2D eigenvalue weighted by molar-refractivity contribution is 0.116. The highest BCUT2D eigenvalue weighted by atomic mass is 35.5. The van der Waals surface area contributed by atoms with Gasteiger partial charge in [-0.05, 0) is 24.8 Å². The van der Waals surface area contributed by atoms with E-state index in [4.69, 9.17) is 21.1 Å². The molecular formula is C18H23ClN2O2. The van der Waals surface area contributed by atoms with Crippen LogP contribution in [0.15, 0.2) is 58.5 Å². The summed E-state index contributed by atoms with van der Waals surface area (Å²) >= 11 is 6.07. The number of halogens is 1. The van der Waals surface area contributed by atoms with Crippen LogP contribution in [-0.4, -0.2) is 19.4 Å². The minimum Gasteiger partial charge on any atom is -0.490 e. The van der Waals surface area contributed by atoms with Crippen LogP contribution in [0.4, 0.5) is 0 Å². The molecule has 0 atom stereocenters. The van der Waals surface area contributed by atoms with Crippen molar-refractivity contribution in [2.75, 3.05) is 13.2 Å². The Labute approximate surface area is 142 Å². The van der Waals surface area contributed by atoms with Gasteiger partial charge in [0.15, 0.2) is 5.76 Å². The van der Waals surface area contributed by atoms with Gasteiger partial charge in [0.2, 0.25) is 0 Å². The Morgan fingerprint density at radius 3 is 2.57 bits per heavy atom. The molecule has 0 bridgehead atoms. The standard InChI is InChI=1S/C18H23ClN2O2/c1-15-18(19)17(13-20-21-15)23-12-8-3-2-7-11-22-14-16-9-5-4-6-10-16/h4-6,9-10,13,21H,1-3,7-8,11-12,14H2. The van der Waals surface area contributed by atoms with Crippen LogP contribution in [0.3, 0.4) is 0 Å². The smallest absolute Gasteiger partial charge is 0.160 e. The zero-order valence-electron chi connectivity index (χ0n) is 13.3. The van der Waals surface area contributed by atoms with E-state index in [1.54, 1.807) is 6.21 Å². The third kappa shape index (κ3) is 6.47. The Kier molecular flexibility index (Phi) is 7.70. The van der Waals surface area contributed by atoms with Crippen molar-refractivity contribution >= 4 is 17.8 Å². The number of nitrogens with zero attached hydrogens (tertiary/aromatic N) is 1. The molecule has 0 aromatic heterocycles. The van der Waals surface area contributed by atoms with Gasteiger partial charge < -0.3 is 9.47 Å². The van der Waals surface area contributed by atoms with Gasteiger partial charge in [-0.15, -0.1) is 0 Å². The number of benzene rings is 1. The highest BCUT2D eigenvalue weighted by Gasteiger charge is 2.11. The molecule has 0 saturated heterocycles. The SMILES string of the molecule is C=C1NN=CC(OCCCCCCOCc2ccccc2)=C1Cl. The number of nitrogens with one attached hydrogen (secondary N) is 1. The monoisotopic (exact) mass is 334 g/mol. The zero-order valence-corrected chi connectivity index (χ0v) is 14.0. The molecule has 23 heavy (non-hydrogen) atoms. The molecule has 1 aromatic rings. The molecule has 0 unspecified atom stereocenters. The summed E-state index contributed by atoms with van der Waals surface area (Å²) in [7, 11) is 0. The molecule has 1 heterocycles. The van der Waals surface area contributed by atoms with E-state index in [2.05, 4.69) is 29.2 Å². The van der Waals surface area contributed by atoms with Gasteiger partial charge in [0.25, 0.3) is 0 Å². The maximum Gasteiger partial charge on any atom is 0.160 e. The van der Waals surface area contributed by atoms with E-state index < -0.39 is 0 Å². The van der Waals surface area contributed by atoms with E-state index in [-0.39, 0.29) is 0 Å². The molecular weight excluding hydrogens is 312 g/mol. The van der Waals surface area contributed by atoms with Crippen molar-refractivity contribution in [3.8, 4) is 0 Å². The zero-order chi connectivity index (χ0) is 16.3. The minimum absolute atomic E-state index is 0.495. The van der Waals surface area contributed by atoms with Gasteiger partial charge in [-0.1, -0.05) is 54.9 Å². The molecule has 2 rings (SSSR count). The fraction of sp³-hybridized carbons (Fsp3) is 0.389. The highest BCUT2D eigenvalue weighted by molar-refractivity contribution is 6.33. The lowest BCUT2D eigenvalue weighted by atomic mass is 10.2. The van der Waals surface area contributed by atoms with E-state index in [9.17, 15) is 0 Å². The Morgan fingerprint density at radius 2 is 1.78 bits per heavy atom. The lowest BCUT2D eigenvalue weighted by Gasteiger charge is -2.14. The minimum atomic E-state index is 0.495. The molecule has 0 saturated carbocycles. The van der Waals surface area contributed by atoms with Crippen LogP contribution in [0.5, 0.6) is 0 Å².